The van der Waals surface area contributed by atoms with Gasteiger partial charge in [-0.1, -0.05) is 5.21 Å². The van der Waals surface area contributed by atoms with Crippen molar-refractivity contribution in [2.24, 2.45) is 13.0 Å². The minimum atomic E-state index is -0.754. The zero-order valence-electron chi connectivity index (χ0n) is 18.6. The molecule has 3 aromatic rings. The molecule has 2 atom stereocenters. The molecule has 0 spiro atoms. The maximum absolute atomic E-state index is 11.3. The number of carboxylic acids is 1. The lowest BCUT2D eigenvalue weighted by atomic mass is 9.87. The number of rotatable bonds is 9. The van der Waals surface area contributed by atoms with Gasteiger partial charge in [0.25, 0.3) is 0 Å². The molecule has 2 N–H and O–H groups in total. The molecule has 3 aromatic heterocycles. The average Bonchev–Trinajstić information content (AvgIpc) is 3.19. The molecule has 1 aliphatic rings. The summed E-state index contributed by atoms with van der Waals surface area (Å²) < 4.78 is 13.1. The third-order valence-corrected chi connectivity index (χ3v) is 5.54. The normalized spacial score (nSPS) is 18.0. The highest BCUT2D eigenvalue weighted by molar-refractivity contribution is 5.70. The highest BCUT2D eigenvalue weighted by atomic mass is 16.5. The Morgan fingerprint density at radius 2 is 2.15 bits per heavy atom. The van der Waals surface area contributed by atoms with Crippen LogP contribution in [0.4, 0.5) is 5.95 Å². The Labute approximate surface area is 191 Å². The van der Waals surface area contributed by atoms with E-state index in [-0.39, 0.29) is 12.0 Å². The number of carboxylic acid groups (broad SMARTS) is 1. The Balaban J connectivity index is 1.42. The summed E-state index contributed by atoms with van der Waals surface area (Å²) in [5, 5.41) is 20.8. The van der Waals surface area contributed by atoms with Crippen molar-refractivity contribution < 1.29 is 19.4 Å². The van der Waals surface area contributed by atoms with Crippen LogP contribution in [-0.4, -0.2) is 53.7 Å². The van der Waals surface area contributed by atoms with Crippen molar-refractivity contribution >= 4 is 11.9 Å². The van der Waals surface area contributed by atoms with E-state index in [0.717, 1.165) is 18.5 Å². The van der Waals surface area contributed by atoms with Gasteiger partial charge >= 0.3 is 5.97 Å². The van der Waals surface area contributed by atoms with Crippen molar-refractivity contribution in [3.05, 3.63) is 36.3 Å². The maximum Gasteiger partial charge on any atom is 0.306 e. The average molecular weight is 454 g/mol. The highest BCUT2D eigenvalue weighted by Gasteiger charge is 2.28. The molecular weight excluding hydrogens is 426 g/mol. The van der Waals surface area contributed by atoms with Gasteiger partial charge < -0.3 is 19.9 Å². The first-order valence-electron chi connectivity index (χ1n) is 11.0. The molecule has 0 radical (unpaired) electrons. The fourth-order valence-corrected chi connectivity index (χ4v) is 3.85. The number of aliphatic carboxylic acids is 1. The molecule has 11 heteroatoms. The molecule has 4 rings (SSSR count). The van der Waals surface area contributed by atoms with Gasteiger partial charge in [-0.2, -0.15) is 4.98 Å². The van der Waals surface area contributed by atoms with Crippen molar-refractivity contribution in [2.45, 2.75) is 45.3 Å². The first kappa shape index (κ1) is 22.4. The second-order valence-electron chi connectivity index (χ2n) is 7.83. The third-order valence-electron chi connectivity index (χ3n) is 5.54. The maximum atomic E-state index is 11.3. The molecule has 11 nitrogen and oxygen atoms in total. The molecule has 3 heterocycles. The van der Waals surface area contributed by atoms with Gasteiger partial charge in [0.05, 0.1) is 42.8 Å². The van der Waals surface area contributed by atoms with Gasteiger partial charge in [-0.15, -0.1) is 5.10 Å². The van der Waals surface area contributed by atoms with Crippen LogP contribution in [0.1, 0.15) is 38.3 Å². The molecule has 0 saturated heterocycles. The summed E-state index contributed by atoms with van der Waals surface area (Å²) in [5.41, 5.74) is 2.11. The number of carbonyl (C=O) groups is 1. The van der Waals surface area contributed by atoms with Crippen molar-refractivity contribution in [2.75, 3.05) is 11.9 Å². The van der Waals surface area contributed by atoms with E-state index in [1.165, 1.54) is 0 Å². The van der Waals surface area contributed by atoms with Crippen LogP contribution in [0.3, 0.4) is 0 Å². The van der Waals surface area contributed by atoms with E-state index in [2.05, 4.69) is 30.6 Å². The number of anilines is 1. The predicted octanol–water partition coefficient (Wildman–Crippen LogP) is 2.70. The molecule has 33 heavy (non-hydrogen) atoms. The molecule has 0 aliphatic heterocycles. The minimum Gasteiger partial charge on any atom is -0.489 e. The van der Waals surface area contributed by atoms with Crippen molar-refractivity contribution in [1.82, 2.24) is 29.9 Å². The molecule has 0 unspecified atom stereocenters. The predicted molar refractivity (Wildman–Crippen MR) is 119 cm³/mol. The van der Waals surface area contributed by atoms with Crippen LogP contribution in [0.15, 0.2) is 30.6 Å². The van der Waals surface area contributed by atoms with E-state index >= 15 is 0 Å². The number of hydrogen-bond donors (Lipinski definition) is 2. The Bertz CT molecular complexity index is 1090. The zero-order valence-corrected chi connectivity index (χ0v) is 18.6. The van der Waals surface area contributed by atoms with E-state index in [0.29, 0.717) is 55.0 Å². The Kier molecular flexibility index (Phi) is 6.96. The number of hydrogen-bond acceptors (Lipinski definition) is 9. The highest BCUT2D eigenvalue weighted by Crippen LogP contribution is 2.29. The Morgan fingerprint density at radius 3 is 2.91 bits per heavy atom. The number of ether oxygens (including phenoxy) is 2. The number of nitrogens with zero attached hydrogens (tertiary/aromatic N) is 6. The summed E-state index contributed by atoms with van der Waals surface area (Å²) in [6.45, 7) is 2.82. The van der Waals surface area contributed by atoms with Crippen LogP contribution < -0.4 is 14.8 Å². The molecule has 0 amide bonds. The van der Waals surface area contributed by atoms with Crippen molar-refractivity contribution in [1.29, 1.82) is 0 Å². The molecule has 1 saturated carbocycles. The van der Waals surface area contributed by atoms with Gasteiger partial charge in [-0.25, -0.2) is 9.67 Å². The van der Waals surface area contributed by atoms with Crippen molar-refractivity contribution in [3.8, 4) is 23.0 Å². The van der Waals surface area contributed by atoms with Crippen LogP contribution in [0, 0.1) is 5.92 Å². The molecule has 174 valence electrons. The fraction of sp³-hybridized carbons (Fsp3) is 0.455. The summed E-state index contributed by atoms with van der Waals surface area (Å²) in [4.78, 5) is 24.3. The Hall–Kier alpha value is -3.76. The van der Waals surface area contributed by atoms with Gasteiger partial charge in [0.1, 0.15) is 11.4 Å². The number of nitrogens with one attached hydrogen (secondary N) is 1. The van der Waals surface area contributed by atoms with Crippen LogP contribution in [0.25, 0.3) is 11.4 Å². The second-order valence-corrected chi connectivity index (χ2v) is 7.83. The number of aryl methyl sites for hydroxylation is 1. The monoisotopic (exact) mass is 453 g/mol. The second kappa shape index (κ2) is 10.2. The largest absolute Gasteiger partial charge is 0.489 e. The van der Waals surface area contributed by atoms with Gasteiger partial charge in [-0.05, 0) is 44.7 Å². The van der Waals surface area contributed by atoms with E-state index in [4.69, 9.17) is 9.47 Å². The van der Waals surface area contributed by atoms with E-state index in [1.54, 1.807) is 23.1 Å². The summed E-state index contributed by atoms with van der Waals surface area (Å²) >= 11 is 0. The molecular formula is C22H27N7O4. The molecule has 0 bridgehead atoms. The van der Waals surface area contributed by atoms with Gasteiger partial charge in [0.15, 0.2) is 0 Å². The number of aromatic nitrogens is 6. The van der Waals surface area contributed by atoms with Crippen LogP contribution in [-0.2, 0) is 18.4 Å². The summed E-state index contributed by atoms with van der Waals surface area (Å²) in [6, 6.07) is 5.36. The van der Waals surface area contributed by atoms with Crippen LogP contribution in [0.2, 0.25) is 0 Å². The summed E-state index contributed by atoms with van der Waals surface area (Å²) in [7, 11) is 1.81. The lowest BCUT2D eigenvalue weighted by Gasteiger charge is -2.27. The Morgan fingerprint density at radius 1 is 1.27 bits per heavy atom. The molecule has 0 aromatic carbocycles. The first-order valence-corrected chi connectivity index (χ1v) is 11.0. The topological polar surface area (TPSA) is 137 Å². The third kappa shape index (κ3) is 5.54. The van der Waals surface area contributed by atoms with Gasteiger partial charge in [0.2, 0.25) is 11.8 Å². The van der Waals surface area contributed by atoms with E-state index < -0.39 is 5.97 Å². The zero-order chi connectivity index (χ0) is 23.2. The number of pyridine rings is 1. The van der Waals surface area contributed by atoms with Crippen LogP contribution in [0.5, 0.6) is 11.6 Å². The quantitative estimate of drug-likeness (QED) is 0.497. The van der Waals surface area contributed by atoms with Gasteiger partial charge in [-0.3, -0.25) is 9.78 Å². The minimum absolute atomic E-state index is 0.115. The molecule has 1 fully saturated rings. The smallest absolute Gasteiger partial charge is 0.306 e. The van der Waals surface area contributed by atoms with Crippen LogP contribution >= 0.6 is 0 Å². The summed E-state index contributed by atoms with van der Waals surface area (Å²) in [6.07, 6.45) is 6.07. The lowest BCUT2D eigenvalue weighted by Crippen LogP contribution is -2.29. The first-order chi connectivity index (χ1) is 16.0. The van der Waals surface area contributed by atoms with Crippen molar-refractivity contribution in [3.63, 3.8) is 0 Å². The van der Waals surface area contributed by atoms with E-state index in [1.807, 2.05) is 26.1 Å². The standard InChI is InChI=1S/C22H27N7O4/c1-3-32-19-9-10-23-22(26-19)25-13-18-20(27-28-29(18)2)17-8-7-16(12-24-17)33-15-6-4-5-14(11-15)21(30)31/h7-10,12,14-15H,3-6,11,13H2,1-2H3,(H,30,31)(H,23,25,26)/t14-,15-/m0/s1. The lowest BCUT2D eigenvalue weighted by molar-refractivity contribution is -0.143. The fourth-order valence-electron chi connectivity index (χ4n) is 3.85. The summed E-state index contributed by atoms with van der Waals surface area (Å²) in [5.74, 6) is 0.458. The van der Waals surface area contributed by atoms with Gasteiger partial charge in [0, 0.05) is 19.3 Å². The molecule has 1 aliphatic carbocycles. The SMILES string of the molecule is CCOc1ccnc(NCc2c(-c3ccc(O[C@H]4CCC[C@H](C(=O)O)C4)cn3)nnn2C)n1. The van der Waals surface area contributed by atoms with E-state index in [9.17, 15) is 9.90 Å².